The van der Waals surface area contributed by atoms with Crippen molar-refractivity contribution in [3.05, 3.63) is 78.9 Å². The summed E-state index contributed by atoms with van der Waals surface area (Å²) in [6, 6.07) is 5.56. The van der Waals surface area contributed by atoms with E-state index in [0.717, 1.165) is 36.3 Å². The molecule has 0 spiro atoms. The Bertz CT molecular complexity index is 930. The molecule has 2 rings (SSSR count). The highest BCUT2D eigenvalue weighted by Gasteiger charge is 2.12. The molecule has 1 aromatic carbocycles. The van der Waals surface area contributed by atoms with Crippen molar-refractivity contribution < 1.29 is 39.1 Å². The van der Waals surface area contributed by atoms with Gasteiger partial charge in [-0.1, -0.05) is 82.9 Å². The summed E-state index contributed by atoms with van der Waals surface area (Å²) in [6.07, 6.45) is 24.7. The predicted octanol–water partition coefficient (Wildman–Crippen LogP) is 8.63. The standard InChI is InChI=1S/C28H42O6.C3H4O.C3H6.CH2O/c1-3-5-7-12-23-13-8-6-9-15-24(4-2)28(16-11-10-14-23)25-17-26(32-21-31-20-29)19-27(18-25)33-22-34-30;1-2-3-4;1-3-2;1-2/h9,11,15-19,23,29-30H,3-8,10,12-14,20-22H2,1-2H3;2-3H,1H2;3H,1H2,2H3;1H2/b15-9+,16-11-,28-24+;;;. The van der Waals surface area contributed by atoms with Crippen LogP contribution in [0.25, 0.3) is 5.57 Å². The summed E-state index contributed by atoms with van der Waals surface area (Å²) >= 11 is 0. The number of carbonyl (C=O) groups is 2. The second-order valence-electron chi connectivity index (χ2n) is 9.43. The van der Waals surface area contributed by atoms with Crippen LogP contribution in [0.2, 0.25) is 0 Å². The predicted molar refractivity (Wildman–Crippen MR) is 175 cm³/mol. The van der Waals surface area contributed by atoms with Crippen LogP contribution >= 0.6 is 0 Å². The normalized spacial score (nSPS) is 17.7. The highest BCUT2D eigenvalue weighted by Crippen LogP contribution is 2.32. The van der Waals surface area contributed by atoms with Gasteiger partial charge in [-0.25, -0.2) is 5.26 Å². The monoisotopic (exact) mass is 602 g/mol. The molecule has 0 aliphatic heterocycles. The molecule has 0 amide bonds. The minimum atomic E-state index is -0.417. The van der Waals surface area contributed by atoms with Gasteiger partial charge in [0.1, 0.15) is 31.4 Å². The number of ether oxygens (including phenoxy) is 3. The van der Waals surface area contributed by atoms with E-state index >= 15 is 0 Å². The summed E-state index contributed by atoms with van der Waals surface area (Å²) in [5.41, 5.74) is 3.30. The molecule has 242 valence electrons. The maximum atomic E-state index is 9.06. The van der Waals surface area contributed by atoms with Crippen LogP contribution in [-0.4, -0.2) is 43.8 Å². The maximum absolute atomic E-state index is 9.06. The van der Waals surface area contributed by atoms with Crippen LogP contribution in [0.4, 0.5) is 0 Å². The number of allylic oxidation sites excluding steroid dienone is 8. The van der Waals surface area contributed by atoms with E-state index in [2.05, 4.69) is 56.2 Å². The van der Waals surface area contributed by atoms with Gasteiger partial charge in [0, 0.05) is 6.07 Å². The Morgan fingerprint density at radius 1 is 0.953 bits per heavy atom. The van der Waals surface area contributed by atoms with E-state index in [1.807, 2.05) is 25.8 Å². The smallest absolute Gasteiger partial charge is 0.220 e. The fourth-order valence-electron chi connectivity index (χ4n) is 4.32. The molecule has 1 aliphatic rings. The van der Waals surface area contributed by atoms with Gasteiger partial charge in [0.2, 0.25) is 6.79 Å². The van der Waals surface area contributed by atoms with Crippen molar-refractivity contribution in [3.8, 4) is 11.5 Å². The average molecular weight is 603 g/mol. The molecule has 0 saturated heterocycles. The van der Waals surface area contributed by atoms with Gasteiger partial charge < -0.3 is 24.1 Å². The van der Waals surface area contributed by atoms with Gasteiger partial charge in [0.05, 0.1) is 0 Å². The van der Waals surface area contributed by atoms with Gasteiger partial charge >= 0.3 is 0 Å². The Balaban J connectivity index is 0. The Hall–Kier alpha value is -3.30. The van der Waals surface area contributed by atoms with Crippen LogP contribution in [0.3, 0.4) is 0 Å². The topological polar surface area (TPSA) is 112 Å². The summed E-state index contributed by atoms with van der Waals surface area (Å²) in [7, 11) is 0. The fraction of sp³-hybridized carbons (Fsp3) is 0.486. The third-order valence-electron chi connectivity index (χ3n) is 6.24. The highest BCUT2D eigenvalue weighted by molar-refractivity contribution is 5.79. The minimum Gasteiger partial charge on any atom is -0.467 e. The van der Waals surface area contributed by atoms with Crippen molar-refractivity contribution in [3.63, 3.8) is 0 Å². The number of benzene rings is 1. The first-order valence-electron chi connectivity index (χ1n) is 14.9. The van der Waals surface area contributed by atoms with Gasteiger partial charge in [-0.15, -0.1) is 6.58 Å². The van der Waals surface area contributed by atoms with Crippen LogP contribution in [0.5, 0.6) is 11.5 Å². The summed E-state index contributed by atoms with van der Waals surface area (Å²) in [4.78, 5) is 21.1. The molecule has 1 aliphatic carbocycles. The lowest BCUT2D eigenvalue weighted by atomic mass is 9.89. The van der Waals surface area contributed by atoms with Crippen molar-refractivity contribution in [2.75, 3.05) is 20.4 Å². The molecule has 8 nitrogen and oxygen atoms in total. The van der Waals surface area contributed by atoms with E-state index in [1.165, 1.54) is 56.6 Å². The first-order chi connectivity index (χ1) is 21.0. The maximum Gasteiger partial charge on any atom is 0.220 e. The van der Waals surface area contributed by atoms with Gasteiger partial charge in [-0.3, -0.25) is 4.79 Å². The summed E-state index contributed by atoms with van der Waals surface area (Å²) in [6.45, 7) is 14.0. The minimum absolute atomic E-state index is 0.0786. The molecule has 0 heterocycles. The molecule has 8 heteroatoms. The number of aliphatic hydroxyl groups excluding tert-OH is 1. The number of hydrogen-bond donors (Lipinski definition) is 2. The van der Waals surface area contributed by atoms with Crippen molar-refractivity contribution in [1.82, 2.24) is 0 Å². The van der Waals surface area contributed by atoms with E-state index < -0.39 is 6.79 Å². The summed E-state index contributed by atoms with van der Waals surface area (Å²) in [5.74, 6) is 1.85. The molecule has 1 aromatic rings. The van der Waals surface area contributed by atoms with E-state index in [0.29, 0.717) is 17.8 Å². The lowest BCUT2D eigenvalue weighted by molar-refractivity contribution is -0.278. The molecule has 0 aromatic heterocycles. The number of carbonyl (C=O) groups excluding carboxylic acids is 2. The number of unbranched alkanes of at least 4 members (excludes halogenated alkanes) is 2. The zero-order valence-electron chi connectivity index (χ0n) is 26.5. The Labute approximate surface area is 259 Å². The molecule has 43 heavy (non-hydrogen) atoms. The first-order valence-corrected chi connectivity index (χ1v) is 14.9. The SMILES string of the molecule is C=CC.C=CC=O.C=O.CCCCCC1CC\C=C/C(c2cc(OCOO)cc(OCOCO)c2)=C(CC)\C=C\CCC1. The second kappa shape index (κ2) is 31.6. The number of hydrogen-bond acceptors (Lipinski definition) is 8. The molecular weight excluding hydrogens is 548 g/mol. The molecule has 2 N–H and O–H groups in total. The molecule has 0 fully saturated rings. The highest BCUT2D eigenvalue weighted by atomic mass is 17.1. The van der Waals surface area contributed by atoms with Crippen molar-refractivity contribution >= 4 is 18.6 Å². The molecule has 0 bridgehead atoms. The van der Waals surface area contributed by atoms with Gasteiger partial charge in [0.15, 0.2) is 6.79 Å². The molecule has 1 unspecified atom stereocenters. The third kappa shape index (κ3) is 22.0. The average Bonchev–Trinajstić information content (AvgIpc) is 3.02. The van der Waals surface area contributed by atoms with Crippen molar-refractivity contribution in [1.29, 1.82) is 0 Å². The zero-order chi connectivity index (χ0) is 32.6. The van der Waals surface area contributed by atoms with Crippen molar-refractivity contribution in [2.45, 2.75) is 85.0 Å². The van der Waals surface area contributed by atoms with Gasteiger partial charge in [-0.2, -0.15) is 4.89 Å². The van der Waals surface area contributed by atoms with Crippen molar-refractivity contribution in [2.24, 2.45) is 5.92 Å². The van der Waals surface area contributed by atoms with Gasteiger partial charge in [0.25, 0.3) is 0 Å². The van der Waals surface area contributed by atoms with Crippen LogP contribution in [0, 0.1) is 5.92 Å². The molecule has 0 saturated carbocycles. The summed E-state index contributed by atoms with van der Waals surface area (Å²) < 4.78 is 16.0. The van der Waals surface area contributed by atoms with E-state index in [4.69, 9.17) is 34.2 Å². The number of rotatable bonds is 14. The second-order valence-corrected chi connectivity index (χ2v) is 9.43. The zero-order valence-corrected chi connectivity index (χ0v) is 26.5. The quantitative estimate of drug-likeness (QED) is 0.0414. The Kier molecular flexibility index (Phi) is 30.8. The molecule has 0 radical (unpaired) electrons. The number of aldehydes is 1. The van der Waals surface area contributed by atoms with Crippen LogP contribution < -0.4 is 9.47 Å². The summed E-state index contributed by atoms with van der Waals surface area (Å²) in [5, 5.41) is 17.6. The van der Waals surface area contributed by atoms with Crippen LogP contribution in [0.15, 0.2) is 73.4 Å². The van der Waals surface area contributed by atoms with Gasteiger partial charge in [-0.05, 0) is 79.9 Å². The van der Waals surface area contributed by atoms with Crippen LogP contribution in [0.1, 0.15) is 90.5 Å². The Morgan fingerprint density at radius 3 is 2.14 bits per heavy atom. The first kappa shape index (κ1) is 41.8. The van der Waals surface area contributed by atoms with Crippen LogP contribution in [-0.2, 0) is 19.2 Å². The lowest BCUT2D eigenvalue weighted by Crippen LogP contribution is -2.05. The van der Waals surface area contributed by atoms with E-state index in [-0.39, 0.29) is 13.6 Å². The lowest BCUT2D eigenvalue weighted by Gasteiger charge is -2.17. The number of aliphatic hydroxyl groups is 1. The Morgan fingerprint density at radius 2 is 1.58 bits per heavy atom. The van der Waals surface area contributed by atoms with E-state index in [9.17, 15) is 0 Å². The van der Waals surface area contributed by atoms with E-state index in [1.54, 1.807) is 12.1 Å². The largest absolute Gasteiger partial charge is 0.467 e. The third-order valence-corrected chi connectivity index (χ3v) is 6.24. The molecule has 1 atom stereocenters. The fourth-order valence-corrected chi connectivity index (χ4v) is 4.32. The molecular formula is C35H54O8.